The van der Waals surface area contributed by atoms with Crippen molar-refractivity contribution in [3.63, 3.8) is 0 Å². The van der Waals surface area contributed by atoms with E-state index in [0.717, 1.165) is 80.1 Å². The quantitative estimate of drug-likeness (QED) is 0.135. The predicted molar refractivity (Wildman–Crippen MR) is 297 cm³/mol. The molecule has 0 amide bonds. The lowest BCUT2D eigenvalue weighted by molar-refractivity contribution is 0.657. The molecule has 0 spiro atoms. The summed E-state index contributed by atoms with van der Waals surface area (Å²) >= 11 is 0. The normalized spacial score (nSPS) is 12.2. The van der Waals surface area contributed by atoms with E-state index in [1.54, 1.807) is 0 Å². The van der Waals surface area contributed by atoms with Crippen LogP contribution >= 0.6 is 0 Å². The molecule has 14 rings (SSSR count). The molecule has 0 fully saturated rings. The third-order valence-electron chi connectivity index (χ3n) is 14.8. The van der Waals surface area contributed by atoms with Gasteiger partial charge in [0.2, 0.25) is 0 Å². The van der Waals surface area contributed by atoms with Crippen LogP contribution in [0.4, 0.5) is 34.1 Å². The van der Waals surface area contributed by atoms with Crippen molar-refractivity contribution >= 4 is 132 Å². The van der Waals surface area contributed by atoms with Gasteiger partial charge in [-0.1, -0.05) is 173 Å². The summed E-state index contributed by atoms with van der Waals surface area (Å²) in [7, 11) is 0. The van der Waals surface area contributed by atoms with Gasteiger partial charge in [-0.25, -0.2) is 0 Å². The first-order valence-electron chi connectivity index (χ1n) is 24.7. The van der Waals surface area contributed by atoms with Crippen LogP contribution in [-0.4, -0.2) is 0 Å². The van der Waals surface area contributed by atoms with Crippen LogP contribution < -0.4 is 9.80 Å². The maximum atomic E-state index is 7.19. The number of anilines is 6. The highest BCUT2D eigenvalue weighted by Gasteiger charge is 2.27. The summed E-state index contributed by atoms with van der Waals surface area (Å²) in [6, 6.07) is 75.3. The van der Waals surface area contributed by atoms with Gasteiger partial charge in [-0.05, 0) is 127 Å². The molecule has 4 nitrogen and oxygen atoms in total. The highest BCUT2D eigenvalue weighted by atomic mass is 16.3. The summed E-state index contributed by atoms with van der Waals surface area (Å²) in [6.45, 7) is 6.76. The summed E-state index contributed by atoms with van der Waals surface area (Å²) in [6.07, 6.45) is 1.98. The molecule has 4 heteroatoms. The molecule has 0 saturated heterocycles. The van der Waals surface area contributed by atoms with Crippen LogP contribution in [0.1, 0.15) is 44.2 Å². The molecule has 2 heterocycles. The SMILES string of the molecule is CCCc1cc2ccccc2c2c1oc1c(N(c3ccccc3)c3ccc4ccc5c(N(c6ccccc6)c6cccc7c6oc6c(C(C)C)cc8ccccc8c67)ccc6ccc3c4c65)cccc12. The van der Waals surface area contributed by atoms with Gasteiger partial charge in [0, 0.05) is 43.7 Å². The fraction of sp³-hybridized carbons (Fsp3) is 0.0909. The molecule has 14 aromatic rings. The summed E-state index contributed by atoms with van der Waals surface area (Å²) in [5.41, 5.74) is 12.5. The van der Waals surface area contributed by atoms with Crippen LogP contribution in [0, 0.1) is 0 Å². The molecular weight excluding hydrogens is 853 g/mol. The van der Waals surface area contributed by atoms with Gasteiger partial charge in [-0.2, -0.15) is 0 Å². The molecule has 334 valence electrons. The van der Waals surface area contributed by atoms with Crippen LogP contribution in [0.5, 0.6) is 0 Å². The Morgan fingerprint density at radius 3 is 1.34 bits per heavy atom. The van der Waals surface area contributed by atoms with E-state index in [0.29, 0.717) is 0 Å². The summed E-state index contributed by atoms with van der Waals surface area (Å²) in [4.78, 5) is 4.82. The number of benzene rings is 12. The molecule has 0 aliphatic carbocycles. The number of rotatable bonds is 9. The van der Waals surface area contributed by atoms with Crippen molar-refractivity contribution in [1.29, 1.82) is 0 Å². The van der Waals surface area contributed by atoms with Crippen LogP contribution in [0.25, 0.3) is 97.7 Å². The van der Waals surface area contributed by atoms with Crippen molar-refractivity contribution in [1.82, 2.24) is 0 Å². The third-order valence-corrected chi connectivity index (χ3v) is 14.8. The highest BCUT2D eigenvalue weighted by Crippen LogP contribution is 2.51. The summed E-state index contributed by atoms with van der Waals surface area (Å²) in [5, 5.41) is 16.7. The maximum absolute atomic E-state index is 7.19. The number of hydrogen-bond donors (Lipinski definition) is 0. The third kappa shape index (κ3) is 5.96. The van der Waals surface area contributed by atoms with Gasteiger partial charge in [0.25, 0.3) is 0 Å². The monoisotopic (exact) mass is 900 g/mol. The molecular formula is C66H48N2O2. The van der Waals surface area contributed by atoms with Crippen LogP contribution in [0.3, 0.4) is 0 Å². The Morgan fingerprint density at radius 1 is 0.357 bits per heavy atom. The van der Waals surface area contributed by atoms with Crippen molar-refractivity contribution in [3.8, 4) is 0 Å². The Hall–Kier alpha value is -8.60. The van der Waals surface area contributed by atoms with Crippen LogP contribution in [0.15, 0.2) is 215 Å². The smallest absolute Gasteiger partial charge is 0.159 e. The number of furan rings is 2. The number of para-hydroxylation sites is 4. The van der Waals surface area contributed by atoms with Gasteiger partial charge < -0.3 is 18.6 Å². The zero-order valence-corrected chi connectivity index (χ0v) is 39.3. The van der Waals surface area contributed by atoms with E-state index in [4.69, 9.17) is 8.83 Å². The first-order chi connectivity index (χ1) is 34.5. The topological polar surface area (TPSA) is 32.8 Å². The van der Waals surface area contributed by atoms with Gasteiger partial charge in [-0.3, -0.25) is 0 Å². The molecule has 0 unspecified atom stereocenters. The van der Waals surface area contributed by atoms with Crippen LogP contribution in [0.2, 0.25) is 0 Å². The molecule has 12 aromatic carbocycles. The second kappa shape index (κ2) is 15.7. The van der Waals surface area contributed by atoms with Crippen molar-refractivity contribution in [2.45, 2.75) is 39.5 Å². The Labute approximate surface area is 405 Å². The maximum Gasteiger partial charge on any atom is 0.159 e. The lowest BCUT2D eigenvalue weighted by atomic mass is 9.91. The minimum Gasteiger partial charge on any atom is -0.454 e. The van der Waals surface area contributed by atoms with Gasteiger partial charge in [0.05, 0.1) is 22.7 Å². The summed E-state index contributed by atoms with van der Waals surface area (Å²) in [5.74, 6) is 0.284. The van der Waals surface area contributed by atoms with Crippen molar-refractivity contribution < 1.29 is 8.83 Å². The number of fused-ring (bicyclic) bond motifs is 10. The molecule has 70 heavy (non-hydrogen) atoms. The number of nitrogens with zero attached hydrogens (tertiary/aromatic N) is 2. The average Bonchev–Trinajstić information content (AvgIpc) is 4.01. The minimum atomic E-state index is 0.284. The zero-order chi connectivity index (χ0) is 46.6. The predicted octanol–water partition coefficient (Wildman–Crippen LogP) is 19.7. The molecule has 0 bridgehead atoms. The van der Waals surface area contributed by atoms with E-state index in [9.17, 15) is 0 Å². The second-order valence-electron chi connectivity index (χ2n) is 19.2. The molecule has 0 aliphatic heterocycles. The minimum absolute atomic E-state index is 0.284. The van der Waals surface area contributed by atoms with Gasteiger partial charge >= 0.3 is 0 Å². The Balaban J connectivity index is 1.02. The lowest BCUT2D eigenvalue weighted by Gasteiger charge is -2.29. The fourth-order valence-electron chi connectivity index (χ4n) is 11.7. The molecule has 2 aromatic heterocycles. The lowest BCUT2D eigenvalue weighted by Crippen LogP contribution is -2.11. The van der Waals surface area contributed by atoms with E-state index in [1.165, 1.54) is 75.8 Å². The van der Waals surface area contributed by atoms with E-state index in [1.807, 2.05) is 0 Å². The molecule has 0 radical (unpaired) electrons. The largest absolute Gasteiger partial charge is 0.454 e. The van der Waals surface area contributed by atoms with Gasteiger partial charge in [0.15, 0.2) is 11.2 Å². The zero-order valence-electron chi connectivity index (χ0n) is 39.3. The average molecular weight is 901 g/mol. The first kappa shape index (κ1) is 40.5. The number of aryl methyl sites for hydroxylation is 1. The molecule has 0 N–H and O–H groups in total. The van der Waals surface area contributed by atoms with E-state index < -0.39 is 0 Å². The van der Waals surface area contributed by atoms with E-state index in [-0.39, 0.29) is 5.92 Å². The molecule has 0 saturated carbocycles. The van der Waals surface area contributed by atoms with E-state index in [2.05, 4.69) is 237 Å². The Bertz CT molecular complexity index is 4350. The Morgan fingerprint density at radius 2 is 0.814 bits per heavy atom. The van der Waals surface area contributed by atoms with Crippen molar-refractivity contribution in [2.75, 3.05) is 9.80 Å². The Kier molecular flexibility index (Phi) is 9.09. The van der Waals surface area contributed by atoms with Gasteiger partial charge in [-0.15, -0.1) is 0 Å². The van der Waals surface area contributed by atoms with Crippen molar-refractivity contribution in [3.05, 3.63) is 217 Å². The summed E-state index contributed by atoms with van der Waals surface area (Å²) < 4.78 is 14.4. The highest BCUT2D eigenvalue weighted by molar-refractivity contribution is 6.29. The molecule has 0 aliphatic rings. The first-order valence-corrected chi connectivity index (χ1v) is 24.7. The fourth-order valence-corrected chi connectivity index (χ4v) is 11.7. The standard InChI is InChI=1S/C66H48N2O2/c1-4-17-45-38-43-18-11-13-24-48(43)61-52-26-15-28-57(64(52)69-63(45)61)67(46-20-7-5-8-21-46)55-36-32-41-31-35-51-56(37-33-42-30-34-50(55)59(41)60(42)51)68(47-22-9-6-10-23-47)58-29-16-27-53-62-49-25-14-12-19-44(49)39-54(40(2)3)66(62)70-65(53)58/h5-16,18-40H,4,17H2,1-3H3. The second-order valence-corrected chi connectivity index (χ2v) is 19.2. The van der Waals surface area contributed by atoms with E-state index >= 15 is 0 Å². The number of hydrogen-bond acceptors (Lipinski definition) is 4. The van der Waals surface area contributed by atoms with Crippen molar-refractivity contribution in [2.24, 2.45) is 0 Å². The van der Waals surface area contributed by atoms with Gasteiger partial charge in [0.1, 0.15) is 11.2 Å². The van der Waals surface area contributed by atoms with Crippen LogP contribution in [-0.2, 0) is 6.42 Å². The molecule has 0 atom stereocenters.